The molecule has 2 fully saturated rings. The first-order valence-electron chi connectivity index (χ1n) is 9.19. The number of methoxy groups -OCH3 is 1. The number of benzene rings is 2. The highest BCUT2D eigenvalue weighted by atomic mass is 32.2. The van der Waals surface area contributed by atoms with Gasteiger partial charge in [0.2, 0.25) is 10.0 Å². The molecule has 0 spiro atoms. The Hall–Kier alpha value is -1.59. The lowest BCUT2D eigenvalue weighted by atomic mass is 9.84. The maximum atomic E-state index is 13.5. The van der Waals surface area contributed by atoms with E-state index in [1.165, 1.54) is 6.42 Å². The van der Waals surface area contributed by atoms with Crippen LogP contribution in [0.3, 0.4) is 0 Å². The first-order valence-corrected chi connectivity index (χ1v) is 10.6. The van der Waals surface area contributed by atoms with Crippen molar-refractivity contribution in [1.82, 2.24) is 4.31 Å². The lowest BCUT2D eigenvalue weighted by Crippen LogP contribution is -2.41. The minimum absolute atomic E-state index is 0. The van der Waals surface area contributed by atoms with Gasteiger partial charge in [-0.1, -0.05) is 44.5 Å². The number of sulfonamides is 1. The summed E-state index contributed by atoms with van der Waals surface area (Å²) >= 11 is 0. The molecular formula is C21H29NO3S. The Balaban J connectivity index is 0.00000196. The van der Waals surface area contributed by atoms with Gasteiger partial charge in [-0.25, -0.2) is 8.42 Å². The summed E-state index contributed by atoms with van der Waals surface area (Å²) in [5.74, 6) is 1.41. The second-order valence-corrected chi connectivity index (χ2v) is 9.11. The van der Waals surface area contributed by atoms with Crippen molar-refractivity contribution in [1.29, 1.82) is 0 Å². The van der Waals surface area contributed by atoms with Gasteiger partial charge in [0, 0.05) is 23.4 Å². The van der Waals surface area contributed by atoms with Crippen LogP contribution >= 0.6 is 0 Å². The van der Waals surface area contributed by atoms with E-state index < -0.39 is 10.0 Å². The fourth-order valence-corrected chi connectivity index (χ4v) is 6.50. The van der Waals surface area contributed by atoms with Crippen LogP contribution < -0.4 is 4.74 Å². The van der Waals surface area contributed by atoms with Gasteiger partial charge >= 0.3 is 0 Å². The number of hydrogen-bond acceptors (Lipinski definition) is 3. The van der Waals surface area contributed by atoms with Crippen LogP contribution in [0.4, 0.5) is 0 Å². The molecule has 4 rings (SSSR count). The number of nitrogens with zero attached hydrogens (tertiary/aromatic N) is 1. The molecule has 2 aliphatic rings. The summed E-state index contributed by atoms with van der Waals surface area (Å²) in [6.45, 7) is 0.643. The summed E-state index contributed by atoms with van der Waals surface area (Å²) < 4.78 is 34.3. The molecule has 5 heteroatoms. The van der Waals surface area contributed by atoms with Gasteiger partial charge in [-0.2, -0.15) is 4.31 Å². The molecule has 2 aromatic carbocycles. The lowest BCUT2D eigenvalue weighted by molar-refractivity contribution is 0.239. The molecule has 1 saturated heterocycles. The molecule has 1 saturated carbocycles. The van der Waals surface area contributed by atoms with E-state index in [1.807, 2.05) is 24.3 Å². The third-order valence-electron chi connectivity index (χ3n) is 5.80. The molecule has 26 heavy (non-hydrogen) atoms. The third-order valence-corrected chi connectivity index (χ3v) is 7.81. The van der Waals surface area contributed by atoms with E-state index in [4.69, 9.17) is 4.74 Å². The molecule has 1 aliphatic heterocycles. The van der Waals surface area contributed by atoms with E-state index in [1.54, 1.807) is 23.5 Å². The highest BCUT2D eigenvalue weighted by molar-refractivity contribution is 7.89. The minimum Gasteiger partial charge on any atom is -0.496 e. The minimum atomic E-state index is -3.51. The molecule has 2 atom stereocenters. The van der Waals surface area contributed by atoms with E-state index in [9.17, 15) is 8.42 Å². The Morgan fingerprint density at radius 2 is 1.73 bits per heavy atom. The highest BCUT2D eigenvalue weighted by Crippen LogP contribution is 2.38. The Morgan fingerprint density at radius 3 is 2.50 bits per heavy atom. The van der Waals surface area contributed by atoms with E-state index in [-0.39, 0.29) is 13.5 Å². The Labute approximate surface area is 157 Å². The summed E-state index contributed by atoms with van der Waals surface area (Å²) in [6.07, 6.45) is 6.54. The molecule has 4 nitrogen and oxygen atoms in total. The molecule has 0 radical (unpaired) electrons. The first kappa shape index (κ1) is 19.2. The predicted octanol–water partition coefficient (Wildman–Crippen LogP) is 4.83. The van der Waals surface area contributed by atoms with E-state index >= 15 is 0 Å². The number of fused-ring (bicyclic) bond motifs is 3. The summed E-state index contributed by atoms with van der Waals surface area (Å²) in [5, 5.41) is 1.60. The zero-order chi connectivity index (χ0) is 17.4. The van der Waals surface area contributed by atoms with Gasteiger partial charge in [0.25, 0.3) is 0 Å². The molecule has 1 aliphatic carbocycles. The van der Waals surface area contributed by atoms with Crippen molar-refractivity contribution in [3.05, 3.63) is 36.4 Å². The second-order valence-electron chi connectivity index (χ2n) is 7.26. The van der Waals surface area contributed by atoms with Crippen LogP contribution in [-0.2, 0) is 10.0 Å². The van der Waals surface area contributed by atoms with Crippen molar-refractivity contribution in [3.63, 3.8) is 0 Å². The van der Waals surface area contributed by atoms with Crippen LogP contribution in [0.1, 0.15) is 46.0 Å². The molecule has 142 valence electrons. The van der Waals surface area contributed by atoms with Crippen molar-refractivity contribution in [3.8, 4) is 5.75 Å². The van der Waals surface area contributed by atoms with Gasteiger partial charge < -0.3 is 4.74 Å². The van der Waals surface area contributed by atoms with Crippen molar-refractivity contribution < 1.29 is 13.2 Å². The van der Waals surface area contributed by atoms with E-state index in [0.29, 0.717) is 23.1 Å². The molecule has 0 amide bonds. The first-order chi connectivity index (χ1) is 12.1. The van der Waals surface area contributed by atoms with Crippen molar-refractivity contribution in [2.24, 2.45) is 5.92 Å². The van der Waals surface area contributed by atoms with Gasteiger partial charge in [0.1, 0.15) is 5.75 Å². The van der Waals surface area contributed by atoms with Crippen LogP contribution in [0.15, 0.2) is 41.3 Å². The molecule has 0 N–H and O–H groups in total. The van der Waals surface area contributed by atoms with Gasteiger partial charge in [-0.3, -0.25) is 0 Å². The summed E-state index contributed by atoms with van der Waals surface area (Å²) in [5.41, 5.74) is 0. The summed E-state index contributed by atoms with van der Waals surface area (Å²) in [7, 11) is -1.89. The van der Waals surface area contributed by atoms with Gasteiger partial charge in [-0.15, -0.1) is 0 Å². The molecule has 2 unspecified atom stereocenters. The molecule has 0 aromatic heterocycles. The van der Waals surface area contributed by atoms with Crippen LogP contribution in [-0.4, -0.2) is 32.4 Å². The average Bonchev–Trinajstić information content (AvgIpc) is 2.78. The zero-order valence-corrected chi connectivity index (χ0v) is 15.5. The fraction of sp³-hybridized carbons (Fsp3) is 0.524. The van der Waals surface area contributed by atoms with Crippen LogP contribution in [0, 0.1) is 5.92 Å². The Bertz CT molecular complexity index is 878. The Morgan fingerprint density at radius 1 is 1.00 bits per heavy atom. The van der Waals surface area contributed by atoms with Crippen LogP contribution in [0.5, 0.6) is 5.75 Å². The average molecular weight is 376 g/mol. The second kappa shape index (κ2) is 7.57. The molecule has 2 bridgehead atoms. The largest absolute Gasteiger partial charge is 0.496 e. The third kappa shape index (κ3) is 3.23. The summed E-state index contributed by atoms with van der Waals surface area (Å²) in [4.78, 5) is 0.410. The van der Waals surface area contributed by atoms with Crippen molar-refractivity contribution in [2.45, 2.75) is 56.9 Å². The predicted molar refractivity (Wildman–Crippen MR) is 106 cm³/mol. The smallest absolute Gasteiger partial charge is 0.243 e. The van der Waals surface area contributed by atoms with E-state index in [0.717, 1.165) is 42.9 Å². The monoisotopic (exact) mass is 375 g/mol. The van der Waals surface area contributed by atoms with Crippen LogP contribution in [0.25, 0.3) is 10.8 Å². The standard InChI is InChI=1S/C20H25NO3S.CH4/c1-24-19-11-12-20(18-10-3-2-9-17(18)19)25(22,23)21-13-5-7-15-6-4-8-16(21)14-15;/h2-3,9-12,15-16H,4-8,13-14H2,1H3;1H4. The maximum absolute atomic E-state index is 13.5. The van der Waals surface area contributed by atoms with Crippen molar-refractivity contribution >= 4 is 20.8 Å². The van der Waals surface area contributed by atoms with Crippen molar-refractivity contribution in [2.75, 3.05) is 13.7 Å². The normalized spacial score (nSPS) is 23.9. The number of ether oxygens (including phenoxy) is 1. The van der Waals surface area contributed by atoms with Gasteiger partial charge in [-0.05, 0) is 43.7 Å². The topological polar surface area (TPSA) is 46.6 Å². The Kier molecular flexibility index (Phi) is 5.58. The lowest BCUT2D eigenvalue weighted by Gasteiger charge is -2.33. The van der Waals surface area contributed by atoms with Gasteiger partial charge in [0.15, 0.2) is 0 Å². The quantitative estimate of drug-likeness (QED) is 0.772. The molecule has 2 aromatic rings. The number of hydrogen-bond donors (Lipinski definition) is 0. The maximum Gasteiger partial charge on any atom is 0.243 e. The van der Waals surface area contributed by atoms with E-state index in [2.05, 4.69) is 0 Å². The molecule has 1 heterocycles. The van der Waals surface area contributed by atoms with Gasteiger partial charge in [0.05, 0.1) is 12.0 Å². The summed E-state index contributed by atoms with van der Waals surface area (Å²) in [6, 6.07) is 11.3. The molecular weight excluding hydrogens is 346 g/mol. The van der Waals surface area contributed by atoms with Crippen LogP contribution in [0.2, 0.25) is 0 Å². The number of rotatable bonds is 3. The SMILES string of the molecule is C.COc1ccc(S(=O)(=O)N2CCCC3CCCC2C3)c2ccccc12. The fourth-order valence-electron chi connectivity index (χ4n) is 4.59. The zero-order valence-electron chi connectivity index (χ0n) is 14.6. The highest BCUT2D eigenvalue weighted by Gasteiger charge is 2.37.